The number of hydrogen-bond donors (Lipinski definition) is 0. The highest BCUT2D eigenvalue weighted by Gasteiger charge is 1.93. The molecule has 3 nitrogen and oxygen atoms in total. The summed E-state index contributed by atoms with van der Waals surface area (Å²) in [5.41, 5.74) is 1.94. The van der Waals surface area contributed by atoms with E-state index >= 15 is 0 Å². The van der Waals surface area contributed by atoms with Crippen LogP contribution < -0.4 is 0 Å². The maximum Gasteiger partial charge on any atom is 0.293 e. The van der Waals surface area contributed by atoms with E-state index in [1.54, 1.807) is 0 Å². The fraction of sp³-hybridized carbons (Fsp3) is 0.333. The standard InChI is InChI=1S/C9H11NO2/c1-8-3-2-4-9(10-8)5-6-12-7-11/h2-4,7H,5-6H2,1H3. The van der Waals surface area contributed by atoms with Gasteiger partial charge in [0.15, 0.2) is 0 Å². The molecule has 0 atom stereocenters. The van der Waals surface area contributed by atoms with Crippen LogP contribution in [0.1, 0.15) is 11.4 Å². The summed E-state index contributed by atoms with van der Waals surface area (Å²) in [7, 11) is 0. The molecule has 0 unspecified atom stereocenters. The molecule has 1 rings (SSSR count). The maximum absolute atomic E-state index is 9.82. The lowest BCUT2D eigenvalue weighted by molar-refractivity contribution is -0.128. The first-order valence-corrected chi connectivity index (χ1v) is 3.80. The molecule has 0 aromatic carbocycles. The Kier molecular flexibility index (Phi) is 3.26. The number of aromatic nitrogens is 1. The number of aryl methyl sites for hydroxylation is 1. The van der Waals surface area contributed by atoms with E-state index in [-0.39, 0.29) is 0 Å². The maximum atomic E-state index is 9.82. The van der Waals surface area contributed by atoms with Crippen LogP contribution in [0.15, 0.2) is 18.2 Å². The van der Waals surface area contributed by atoms with Gasteiger partial charge in [-0.2, -0.15) is 0 Å². The second-order valence-corrected chi connectivity index (χ2v) is 2.49. The van der Waals surface area contributed by atoms with Crippen molar-refractivity contribution in [2.45, 2.75) is 13.3 Å². The van der Waals surface area contributed by atoms with Gasteiger partial charge >= 0.3 is 0 Å². The lowest BCUT2D eigenvalue weighted by atomic mass is 10.2. The smallest absolute Gasteiger partial charge is 0.293 e. The number of carbonyl (C=O) groups is 1. The molecule has 0 aliphatic rings. The fourth-order valence-electron chi connectivity index (χ4n) is 0.950. The molecule has 0 saturated carbocycles. The lowest BCUT2D eigenvalue weighted by Gasteiger charge is -1.99. The molecule has 0 radical (unpaired) electrons. The lowest BCUT2D eigenvalue weighted by Crippen LogP contribution is -1.99. The minimum Gasteiger partial charge on any atom is -0.467 e. The van der Waals surface area contributed by atoms with Gasteiger partial charge in [0.1, 0.15) is 0 Å². The summed E-state index contributed by atoms with van der Waals surface area (Å²) >= 11 is 0. The molecule has 12 heavy (non-hydrogen) atoms. The Morgan fingerprint density at radius 2 is 2.42 bits per heavy atom. The van der Waals surface area contributed by atoms with Crippen molar-refractivity contribution in [2.24, 2.45) is 0 Å². The third kappa shape index (κ3) is 2.70. The third-order valence-electron chi connectivity index (χ3n) is 1.49. The van der Waals surface area contributed by atoms with E-state index in [2.05, 4.69) is 9.72 Å². The summed E-state index contributed by atoms with van der Waals surface area (Å²) in [5, 5.41) is 0. The van der Waals surface area contributed by atoms with Gasteiger partial charge in [-0.05, 0) is 19.1 Å². The van der Waals surface area contributed by atoms with Crippen molar-refractivity contribution in [3.63, 3.8) is 0 Å². The normalized spacial score (nSPS) is 9.42. The molecule has 1 heterocycles. The first-order valence-electron chi connectivity index (χ1n) is 3.80. The topological polar surface area (TPSA) is 39.2 Å². The number of nitrogens with zero attached hydrogens (tertiary/aromatic N) is 1. The summed E-state index contributed by atoms with van der Waals surface area (Å²) in [4.78, 5) is 14.1. The van der Waals surface area contributed by atoms with E-state index < -0.39 is 0 Å². The molecule has 3 heteroatoms. The Morgan fingerprint density at radius 1 is 1.58 bits per heavy atom. The van der Waals surface area contributed by atoms with Gasteiger partial charge in [0.2, 0.25) is 0 Å². The van der Waals surface area contributed by atoms with E-state index in [4.69, 9.17) is 0 Å². The number of hydrogen-bond acceptors (Lipinski definition) is 3. The summed E-state index contributed by atoms with van der Waals surface area (Å²) in [6.07, 6.45) is 0.681. The minimum atomic E-state index is 0.403. The monoisotopic (exact) mass is 165 g/mol. The molecule has 0 aliphatic carbocycles. The molecular formula is C9H11NO2. The second kappa shape index (κ2) is 4.49. The average molecular weight is 165 g/mol. The highest BCUT2D eigenvalue weighted by Crippen LogP contribution is 1.98. The molecular weight excluding hydrogens is 154 g/mol. The molecule has 1 aromatic heterocycles. The van der Waals surface area contributed by atoms with Crippen LogP contribution in [0.25, 0.3) is 0 Å². The SMILES string of the molecule is Cc1cccc(CCOC=O)n1. The van der Waals surface area contributed by atoms with E-state index in [9.17, 15) is 4.79 Å². The van der Waals surface area contributed by atoms with Crippen molar-refractivity contribution >= 4 is 6.47 Å². The highest BCUT2D eigenvalue weighted by molar-refractivity contribution is 5.36. The van der Waals surface area contributed by atoms with Crippen LogP contribution in [0.5, 0.6) is 0 Å². The number of ether oxygens (including phenoxy) is 1. The van der Waals surface area contributed by atoms with E-state index in [0.29, 0.717) is 19.5 Å². The Morgan fingerprint density at radius 3 is 3.08 bits per heavy atom. The van der Waals surface area contributed by atoms with Crippen LogP contribution in [0.4, 0.5) is 0 Å². The largest absolute Gasteiger partial charge is 0.467 e. The zero-order valence-electron chi connectivity index (χ0n) is 6.99. The van der Waals surface area contributed by atoms with Crippen LogP contribution in [0, 0.1) is 6.92 Å². The Labute approximate surface area is 71.4 Å². The van der Waals surface area contributed by atoms with Crippen molar-refractivity contribution in [2.75, 3.05) is 6.61 Å². The summed E-state index contributed by atoms with van der Waals surface area (Å²) in [6.45, 7) is 2.79. The number of carbonyl (C=O) groups excluding carboxylic acids is 1. The number of pyridine rings is 1. The van der Waals surface area contributed by atoms with Gasteiger partial charge in [0.05, 0.1) is 6.61 Å². The van der Waals surface area contributed by atoms with Gasteiger partial charge in [-0.15, -0.1) is 0 Å². The van der Waals surface area contributed by atoms with E-state index in [1.165, 1.54) is 0 Å². The minimum absolute atomic E-state index is 0.403. The predicted molar refractivity (Wildman–Crippen MR) is 44.7 cm³/mol. The second-order valence-electron chi connectivity index (χ2n) is 2.49. The average Bonchev–Trinajstić information content (AvgIpc) is 2.05. The zero-order valence-corrected chi connectivity index (χ0v) is 6.99. The summed E-state index contributed by atoms with van der Waals surface area (Å²) < 4.78 is 4.56. The van der Waals surface area contributed by atoms with Crippen molar-refractivity contribution in [1.29, 1.82) is 0 Å². The van der Waals surface area contributed by atoms with Crippen molar-refractivity contribution in [3.05, 3.63) is 29.6 Å². The molecule has 1 aromatic rings. The van der Waals surface area contributed by atoms with Crippen molar-refractivity contribution < 1.29 is 9.53 Å². The molecule has 0 spiro atoms. The van der Waals surface area contributed by atoms with Crippen LogP contribution in [-0.2, 0) is 16.0 Å². The zero-order chi connectivity index (χ0) is 8.81. The van der Waals surface area contributed by atoms with Gasteiger partial charge in [0, 0.05) is 17.8 Å². The highest BCUT2D eigenvalue weighted by atomic mass is 16.5. The van der Waals surface area contributed by atoms with Gasteiger partial charge in [-0.1, -0.05) is 6.07 Å². The van der Waals surface area contributed by atoms with Gasteiger partial charge < -0.3 is 4.74 Å². The molecule has 0 aliphatic heterocycles. The van der Waals surface area contributed by atoms with Crippen LogP contribution in [-0.4, -0.2) is 18.1 Å². The first kappa shape index (κ1) is 8.71. The molecule has 0 fully saturated rings. The van der Waals surface area contributed by atoms with Crippen molar-refractivity contribution in [1.82, 2.24) is 4.98 Å². The third-order valence-corrected chi connectivity index (χ3v) is 1.49. The summed E-state index contributed by atoms with van der Waals surface area (Å²) in [6, 6.07) is 5.80. The van der Waals surface area contributed by atoms with Crippen LogP contribution in [0.3, 0.4) is 0 Å². The molecule has 64 valence electrons. The van der Waals surface area contributed by atoms with E-state index in [1.807, 2.05) is 25.1 Å². The van der Waals surface area contributed by atoms with E-state index in [0.717, 1.165) is 11.4 Å². The van der Waals surface area contributed by atoms with Crippen LogP contribution in [0.2, 0.25) is 0 Å². The Balaban J connectivity index is 2.46. The molecule has 0 saturated heterocycles. The Hall–Kier alpha value is -1.38. The van der Waals surface area contributed by atoms with Crippen molar-refractivity contribution in [3.8, 4) is 0 Å². The fourth-order valence-corrected chi connectivity index (χ4v) is 0.950. The molecule has 0 bridgehead atoms. The van der Waals surface area contributed by atoms with Crippen LogP contribution >= 0.6 is 0 Å². The first-order chi connectivity index (χ1) is 5.83. The van der Waals surface area contributed by atoms with Gasteiger partial charge in [-0.3, -0.25) is 9.78 Å². The molecule has 0 amide bonds. The summed E-state index contributed by atoms with van der Waals surface area (Å²) in [5.74, 6) is 0. The van der Waals surface area contributed by atoms with Gasteiger partial charge in [0.25, 0.3) is 6.47 Å². The Bertz CT molecular complexity index is 260. The predicted octanol–water partition coefficient (Wildman–Crippen LogP) is 1.11. The molecule has 0 N–H and O–H groups in total. The quantitative estimate of drug-likeness (QED) is 0.495. The van der Waals surface area contributed by atoms with Gasteiger partial charge in [-0.25, -0.2) is 0 Å². The number of rotatable bonds is 4.